The minimum atomic E-state index is -0.336. The first kappa shape index (κ1) is 24.3. The number of carbonyl (C=O) groups excluding carboxylic acids is 3. The monoisotopic (exact) mass is 492 g/mol. The van der Waals surface area contributed by atoms with Crippen LogP contribution in [0.4, 0.5) is 15.8 Å². The number of para-hydroxylation sites is 1. The van der Waals surface area contributed by atoms with Crippen molar-refractivity contribution in [2.45, 2.75) is 26.2 Å². The number of amides is 3. The van der Waals surface area contributed by atoms with Crippen LogP contribution in [0.25, 0.3) is 0 Å². The van der Waals surface area contributed by atoms with E-state index in [0.717, 1.165) is 11.3 Å². The molecule has 190 valence electrons. The Bertz CT molecular complexity index is 1120. The van der Waals surface area contributed by atoms with Crippen molar-refractivity contribution in [3.05, 3.63) is 59.9 Å². The molecule has 0 aliphatic carbocycles. The number of piperazine rings is 1. The molecule has 3 amide bonds. The lowest BCUT2D eigenvalue weighted by molar-refractivity contribution is -0.142. The molecule has 0 saturated carbocycles. The normalized spacial score (nSPS) is 21.3. The van der Waals surface area contributed by atoms with Crippen molar-refractivity contribution < 1.29 is 18.8 Å². The Hall–Kier alpha value is -3.42. The van der Waals surface area contributed by atoms with E-state index in [9.17, 15) is 18.8 Å². The fourth-order valence-corrected chi connectivity index (χ4v) is 5.59. The third kappa shape index (κ3) is 4.94. The van der Waals surface area contributed by atoms with Crippen molar-refractivity contribution in [3.8, 4) is 0 Å². The maximum atomic E-state index is 14.1. The number of rotatable bonds is 4. The number of hydrogen-bond acceptors (Lipinski definition) is 4. The van der Waals surface area contributed by atoms with Crippen molar-refractivity contribution in [2.24, 2.45) is 11.8 Å². The number of nitrogens with zero attached hydrogens (tertiary/aromatic N) is 4. The van der Waals surface area contributed by atoms with Gasteiger partial charge in [0.15, 0.2) is 0 Å². The standard InChI is InChI=1S/C28H33FN4O3/c1-20-6-8-23(9-7-20)33-19-22(18-26(33)34)28(36)31-12-10-21(11-13-31)27(35)32-16-14-30(15-17-32)25-5-3-2-4-24(25)29/h2-9,21-22H,10-19H2,1H3/t22-/m1/s1. The second-order valence-electron chi connectivity index (χ2n) is 10.1. The summed E-state index contributed by atoms with van der Waals surface area (Å²) < 4.78 is 14.1. The van der Waals surface area contributed by atoms with E-state index in [1.54, 1.807) is 17.0 Å². The molecule has 3 fully saturated rings. The molecule has 2 aromatic carbocycles. The SMILES string of the molecule is Cc1ccc(N2C[C@H](C(=O)N3CCC(C(=O)N4CCN(c5ccccc5F)CC4)CC3)CC2=O)cc1. The minimum absolute atomic E-state index is 0.0161. The first-order valence-electron chi connectivity index (χ1n) is 12.8. The van der Waals surface area contributed by atoms with Crippen molar-refractivity contribution in [3.63, 3.8) is 0 Å². The van der Waals surface area contributed by atoms with E-state index in [4.69, 9.17) is 0 Å². The Kier molecular flexibility index (Phi) is 6.94. The van der Waals surface area contributed by atoms with Gasteiger partial charge in [-0.05, 0) is 44.0 Å². The Balaban J connectivity index is 1.10. The van der Waals surface area contributed by atoms with Gasteiger partial charge in [-0.2, -0.15) is 0 Å². The molecule has 3 aliphatic rings. The smallest absolute Gasteiger partial charge is 0.228 e. The van der Waals surface area contributed by atoms with Gasteiger partial charge in [0.25, 0.3) is 0 Å². The first-order chi connectivity index (χ1) is 17.4. The lowest BCUT2D eigenvalue weighted by Crippen LogP contribution is -2.52. The van der Waals surface area contributed by atoms with Gasteiger partial charge in [0.05, 0.1) is 11.6 Å². The molecule has 0 radical (unpaired) electrons. The summed E-state index contributed by atoms with van der Waals surface area (Å²) in [7, 11) is 0. The van der Waals surface area contributed by atoms with Crippen LogP contribution < -0.4 is 9.80 Å². The van der Waals surface area contributed by atoms with E-state index >= 15 is 0 Å². The van der Waals surface area contributed by atoms with Gasteiger partial charge < -0.3 is 19.6 Å². The summed E-state index contributed by atoms with van der Waals surface area (Å²) in [6, 6.07) is 14.5. The molecule has 3 heterocycles. The maximum Gasteiger partial charge on any atom is 0.228 e. The molecule has 0 unspecified atom stereocenters. The van der Waals surface area contributed by atoms with Crippen LogP contribution in [-0.2, 0) is 14.4 Å². The predicted molar refractivity (Wildman–Crippen MR) is 136 cm³/mol. The van der Waals surface area contributed by atoms with Gasteiger partial charge in [-0.1, -0.05) is 29.8 Å². The summed E-state index contributed by atoms with van der Waals surface area (Å²) >= 11 is 0. The van der Waals surface area contributed by atoms with Gasteiger partial charge in [0.2, 0.25) is 17.7 Å². The highest BCUT2D eigenvalue weighted by atomic mass is 19.1. The second-order valence-corrected chi connectivity index (χ2v) is 10.1. The zero-order chi connectivity index (χ0) is 25.2. The summed E-state index contributed by atoms with van der Waals surface area (Å²) in [5.41, 5.74) is 2.55. The van der Waals surface area contributed by atoms with Crippen LogP contribution in [0.1, 0.15) is 24.8 Å². The maximum absolute atomic E-state index is 14.1. The van der Waals surface area contributed by atoms with Gasteiger partial charge in [0.1, 0.15) is 5.82 Å². The van der Waals surface area contributed by atoms with Crippen LogP contribution in [0, 0.1) is 24.6 Å². The highest BCUT2D eigenvalue weighted by Crippen LogP contribution is 2.29. The van der Waals surface area contributed by atoms with Crippen molar-refractivity contribution >= 4 is 29.1 Å². The molecule has 36 heavy (non-hydrogen) atoms. The number of hydrogen-bond donors (Lipinski definition) is 0. The summed E-state index contributed by atoms with van der Waals surface area (Å²) in [5, 5.41) is 0. The van der Waals surface area contributed by atoms with E-state index in [2.05, 4.69) is 0 Å². The van der Waals surface area contributed by atoms with Crippen LogP contribution in [0.3, 0.4) is 0 Å². The number of likely N-dealkylation sites (tertiary alicyclic amines) is 1. The first-order valence-corrected chi connectivity index (χ1v) is 12.8. The summed E-state index contributed by atoms with van der Waals surface area (Å²) in [6.45, 7) is 5.86. The molecular formula is C28H33FN4O3. The fraction of sp³-hybridized carbons (Fsp3) is 0.464. The summed E-state index contributed by atoms with van der Waals surface area (Å²) in [6.07, 6.45) is 1.51. The zero-order valence-corrected chi connectivity index (χ0v) is 20.7. The Morgan fingerprint density at radius 2 is 1.42 bits per heavy atom. The molecule has 0 aromatic heterocycles. The number of anilines is 2. The van der Waals surface area contributed by atoms with Crippen LogP contribution in [-0.4, -0.2) is 73.3 Å². The lowest BCUT2D eigenvalue weighted by atomic mass is 9.93. The van der Waals surface area contributed by atoms with E-state index in [1.807, 2.05) is 52.0 Å². The molecule has 5 rings (SSSR count). The number of piperidine rings is 1. The van der Waals surface area contributed by atoms with Crippen molar-refractivity contribution in [1.29, 1.82) is 0 Å². The van der Waals surface area contributed by atoms with Crippen LogP contribution in [0.15, 0.2) is 48.5 Å². The molecule has 7 nitrogen and oxygen atoms in total. The Labute approximate surface area is 211 Å². The van der Waals surface area contributed by atoms with Gasteiger partial charge in [-0.3, -0.25) is 14.4 Å². The minimum Gasteiger partial charge on any atom is -0.366 e. The predicted octanol–water partition coefficient (Wildman–Crippen LogP) is 3.07. The van der Waals surface area contributed by atoms with Gasteiger partial charge in [-0.15, -0.1) is 0 Å². The third-order valence-electron chi connectivity index (χ3n) is 7.76. The molecule has 0 N–H and O–H groups in total. The number of carbonyl (C=O) groups is 3. The number of benzene rings is 2. The molecule has 2 aromatic rings. The van der Waals surface area contributed by atoms with Crippen LogP contribution >= 0.6 is 0 Å². The molecule has 1 atom stereocenters. The third-order valence-corrected chi connectivity index (χ3v) is 7.76. The molecular weight excluding hydrogens is 459 g/mol. The van der Waals surface area contributed by atoms with Crippen molar-refractivity contribution in [2.75, 3.05) is 55.6 Å². The highest BCUT2D eigenvalue weighted by molar-refractivity contribution is 6.00. The average molecular weight is 493 g/mol. The molecule has 0 spiro atoms. The number of halogens is 1. The van der Waals surface area contributed by atoms with Crippen LogP contribution in [0.2, 0.25) is 0 Å². The van der Waals surface area contributed by atoms with Crippen LogP contribution in [0.5, 0.6) is 0 Å². The summed E-state index contributed by atoms with van der Waals surface area (Å²) in [5.74, 6) is -0.530. The van der Waals surface area contributed by atoms with E-state index < -0.39 is 0 Å². The van der Waals surface area contributed by atoms with E-state index in [-0.39, 0.29) is 41.8 Å². The average Bonchev–Trinajstić information content (AvgIpc) is 3.30. The quantitative estimate of drug-likeness (QED) is 0.658. The fourth-order valence-electron chi connectivity index (χ4n) is 5.59. The van der Waals surface area contributed by atoms with E-state index in [1.165, 1.54) is 6.07 Å². The molecule has 3 saturated heterocycles. The highest BCUT2D eigenvalue weighted by Gasteiger charge is 2.39. The summed E-state index contributed by atoms with van der Waals surface area (Å²) in [4.78, 5) is 46.3. The topological polar surface area (TPSA) is 64.2 Å². The van der Waals surface area contributed by atoms with Gasteiger partial charge >= 0.3 is 0 Å². The Morgan fingerprint density at radius 1 is 0.806 bits per heavy atom. The largest absolute Gasteiger partial charge is 0.366 e. The molecule has 0 bridgehead atoms. The Morgan fingerprint density at radius 3 is 2.08 bits per heavy atom. The van der Waals surface area contributed by atoms with Gasteiger partial charge in [-0.25, -0.2) is 4.39 Å². The van der Waals surface area contributed by atoms with Gasteiger partial charge in [0, 0.05) is 63.8 Å². The molecule has 3 aliphatic heterocycles. The molecule has 8 heteroatoms. The lowest BCUT2D eigenvalue weighted by Gasteiger charge is -2.39. The number of aryl methyl sites for hydroxylation is 1. The van der Waals surface area contributed by atoms with E-state index in [0.29, 0.717) is 64.3 Å². The van der Waals surface area contributed by atoms with Crippen molar-refractivity contribution in [1.82, 2.24) is 9.80 Å². The second kappa shape index (κ2) is 10.3. The zero-order valence-electron chi connectivity index (χ0n) is 20.7.